The number of terminal acetylenes is 1. The lowest BCUT2D eigenvalue weighted by Crippen LogP contribution is -2.39. The number of nitrogens with zero attached hydrogens (tertiary/aromatic N) is 2. The summed E-state index contributed by atoms with van der Waals surface area (Å²) in [6.07, 6.45) is 9.17. The molecule has 27 heavy (non-hydrogen) atoms. The van der Waals surface area contributed by atoms with Crippen molar-refractivity contribution in [1.29, 1.82) is 0 Å². The summed E-state index contributed by atoms with van der Waals surface area (Å²) in [5, 5.41) is 0. The molecule has 2 aliphatic heterocycles. The Hall–Kier alpha value is -3.06. The highest BCUT2D eigenvalue weighted by Crippen LogP contribution is 2.42. The van der Waals surface area contributed by atoms with Crippen LogP contribution in [-0.4, -0.2) is 30.8 Å². The first-order valence-electron chi connectivity index (χ1n) is 9.13. The molecule has 0 saturated heterocycles. The van der Waals surface area contributed by atoms with Gasteiger partial charge in [0.05, 0.1) is 5.57 Å². The summed E-state index contributed by atoms with van der Waals surface area (Å²) in [6.45, 7) is 7.86. The van der Waals surface area contributed by atoms with Crippen molar-refractivity contribution in [3.8, 4) is 12.3 Å². The van der Waals surface area contributed by atoms with Crippen LogP contribution in [0.15, 0.2) is 58.8 Å². The van der Waals surface area contributed by atoms with E-state index in [4.69, 9.17) is 6.42 Å². The van der Waals surface area contributed by atoms with Gasteiger partial charge in [-0.3, -0.25) is 14.5 Å². The van der Waals surface area contributed by atoms with Crippen molar-refractivity contribution in [1.82, 2.24) is 4.90 Å². The predicted octanol–water partition coefficient (Wildman–Crippen LogP) is 4.02. The first-order chi connectivity index (χ1) is 12.9. The van der Waals surface area contributed by atoms with Gasteiger partial charge >= 0.3 is 0 Å². The molecule has 2 heterocycles. The second kappa shape index (κ2) is 8.09. The fourth-order valence-corrected chi connectivity index (χ4v) is 3.44. The second-order valence-electron chi connectivity index (χ2n) is 6.33. The molecule has 2 amide bonds. The number of amides is 2. The molecular formula is C23H26N2O2. The van der Waals surface area contributed by atoms with E-state index in [1.54, 1.807) is 13.0 Å². The van der Waals surface area contributed by atoms with Crippen LogP contribution in [0, 0.1) is 12.3 Å². The molecule has 3 rings (SSSR count). The minimum Gasteiger partial charge on any atom is -0.347 e. The van der Waals surface area contributed by atoms with Gasteiger partial charge in [0.15, 0.2) is 0 Å². The standard InChI is InChI=1S/C21H20N2O2.C2H6/c1-6-15-13(2)17(21(25)23(5)20(15)24)11-12-18-14(3)16-9-7-8-10-19(16)22(18)4;1-2/h1,7-12,14H,2-5H3;1-2H3/b17-11-,18-12+;. The van der Waals surface area contributed by atoms with E-state index >= 15 is 0 Å². The summed E-state index contributed by atoms with van der Waals surface area (Å²) in [5.41, 5.74) is 4.77. The van der Waals surface area contributed by atoms with Crippen LogP contribution in [0.5, 0.6) is 0 Å². The maximum absolute atomic E-state index is 12.5. The van der Waals surface area contributed by atoms with Crippen LogP contribution in [0.1, 0.15) is 39.2 Å². The molecule has 0 radical (unpaired) electrons. The van der Waals surface area contributed by atoms with E-state index in [0.29, 0.717) is 11.1 Å². The van der Waals surface area contributed by atoms with Crippen molar-refractivity contribution >= 4 is 17.5 Å². The molecule has 0 aliphatic carbocycles. The molecule has 0 N–H and O–H groups in total. The molecule has 1 aromatic carbocycles. The van der Waals surface area contributed by atoms with Crippen molar-refractivity contribution < 1.29 is 9.59 Å². The maximum Gasteiger partial charge on any atom is 0.269 e. The summed E-state index contributed by atoms with van der Waals surface area (Å²) < 4.78 is 0. The fourth-order valence-electron chi connectivity index (χ4n) is 3.44. The molecule has 0 spiro atoms. The van der Waals surface area contributed by atoms with E-state index in [0.717, 1.165) is 10.6 Å². The number of benzene rings is 1. The van der Waals surface area contributed by atoms with E-state index in [-0.39, 0.29) is 17.4 Å². The van der Waals surface area contributed by atoms with Crippen molar-refractivity contribution in [2.45, 2.75) is 33.6 Å². The molecule has 1 atom stereocenters. The Bertz CT molecular complexity index is 882. The summed E-state index contributed by atoms with van der Waals surface area (Å²) >= 11 is 0. The van der Waals surface area contributed by atoms with Gasteiger partial charge in [-0.05, 0) is 36.3 Å². The maximum atomic E-state index is 12.5. The number of anilines is 1. The van der Waals surface area contributed by atoms with E-state index in [1.165, 1.54) is 18.3 Å². The molecule has 4 heteroatoms. The average Bonchev–Trinajstić information content (AvgIpc) is 2.93. The molecule has 0 saturated carbocycles. The number of fused-ring (bicyclic) bond motifs is 1. The third kappa shape index (κ3) is 3.33. The summed E-state index contributed by atoms with van der Waals surface area (Å²) in [4.78, 5) is 27.8. The number of likely N-dealkylation sites (N-methyl/N-ethyl adjacent to an activating group) is 2. The zero-order chi connectivity index (χ0) is 20.3. The minimum atomic E-state index is -0.423. The lowest BCUT2D eigenvalue weighted by Gasteiger charge is -2.24. The van der Waals surface area contributed by atoms with Crippen molar-refractivity contribution in [3.63, 3.8) is 0 Å². The highest BCUT2D eigenvalue weighted by Gasteiger charge is 2.32. The Morgan fingerprint density at radius 2 is 1.67 bits per heavy atom. The molecule has 0 bridgehead atoms. The first kappa shape index (κ1) is 20.3. The fraction of sp³-hybridized carbons (Fsp3) is 0.304. The minimum absolute atomic E-state index is 0.229. The monoisotopic (exact) mass is 362 g/mol. The van der Waals surface area contributed by atoms with Crippen molar-refractivity contribution in [2.24, 2.45) is 0 Å². The Morgan fingerprint density at radius 3 is 2.26 bits per heavy atom. The third-order valence-corrected chi connectivity index (χ3v) is 4.99. The Kier molecular flexibility index (Phi) is 6.07. The van der Waals surface area contributed by atoms with E-state index < -0.39 is 5.91 Å². The number of allylic oxidation sites excluding steroid dienone is 3. The number of carbonyl (C=O) groups is 2. The van der Waals surface area contributed by atoms with Gasteiger partial charge in [-0.1, -0.05) is 44.9 Å². The molecule has 0 fully saturated rings. The van der Waals surface area contributed by atoms with Crippen LogP contribution in [0.25, 0.3) is 0 Å². The van der Waals surface area contributed by atoms with Crippen LogP contribution in [0.3, 0.4) is 0 Å². The number of imide groups is 1. The Labute approximate surface area is 161 Å². The summed E-state index contributed by atoms with van der Waals surface area (Å²) in [6, 6.07) is 8.24. The van der Waals surface area contributed by atoms with Gasteiger partial charge in [0, 0.05) is 37.0 Å². The number of para-hydroxylation sites is 1. The third-order valence-electron chi connectivity index (χ3n) is 4.99. The van der Waals surface area contributed by atoms with Crippen LogP contribution in [-0.2, 0) is 9.59 Å². The molecule has 2 aliphatic rings. The van der Waals surface area contributed by atoms with Gasteiger partial charge in [-0.2, -0.15) is 0 Å². The smallest absolute Gasteiger partial charge is 0.269 e. The topological polar surface area (TPSA) is 40.6 Å². The van der Waals surface area contributed by atoms with E-state index in [1.807, 2.05) is 39.1 Å². The highest BCUT2D eigenvalue weighted by molar-refractivity contribution is 6.18. The predicted molar refractivity (Wildman–Crippen MR) is 110 cm³/mol. The summed E-state index contributed by atoms with van der Waals surface area (Å²) in [5.74, 6) is 1.89. The number of hydrogen-bond acceptors (Lipinski definition) is 3. The van der Waals surface area contributed by atoms with Gasteiger partial charge < -0.3 is 4.90 Å². The zero-order valence-electron chi connectivity index (χ0n) is 16.8. The quantitative estimate of drug-likeness (QED) is 0.430. The molecule has 140 valence electrons. The normalized spacial score (nSPS) is 22.0. The van der Waals surface area contributed by atoms with Gasteiger partial charge in [-0.25, -0.2) is 0 Å². The Balaban J connectivity index is 0.00000126. The SMILES string of the molecule is C#CC1=C(C)/C(=C/C=C2\C(C)c3ccccc3N2C)C(=O)N(C)C1=O.CC. The van der Waals surface area contributed by atoms with Crippen molar-refractivity contribution in [3.05, 3.63) is 64.4 Å². The van der Waals surface area contributed by atoms with E-state index in [9.17, 15) is 9.59 Å². The van der Waals surface area contributed by atoms with Crippen LogP contribution in [0.2, 0.25) is 0 Å². The van der Waals surface area contributed by atoms with Crippen molar-refractivity contribution in [2.75, 3.05) is 19.0 Å². The van der Waals surface area contributed by atoms with Crippen LogP contribution >= 0.6 is 0 Å². The summed E-state index contributed by atoms with van der Waals surface area (Å²) in [7, 11) is 3.47. The van der Waals surface area contributed by atoms with Gasteiger partial charge in [0.1, 0.15) is 0 Å². The lowest BCUT2D eigenvalue weighted by atomic mass is 9.94. The average molecular weight is 362 g/mol. The number of rotatable bonds is 1. The molecule has 0 aromatic heterocycles. The molecule has 1 unspecified atom stereocenters. The van der Waals surface area contributed by atoms with Crippen LogP contribution < -0.4 is 4.90 Å². The first-order valence-corrected chi connectivity index (χ1v) is 9.13. The van der Waals surface area contributed by atoms with Gasteiger partial charge in [-0.15, -0.1) is 6.42 Å². The molecule has 4 nitrogen and oxygen atoms in total. The Morgan fingerprint density at radius 1 is 1.04 bits per heavy atom. The second-order valence-corrected chi connectivity index (χ2v) is 6.33. The van der Waals surface area contributed by atoms with Gasteiger partial charge in [0.2, 0.25) is 0 Å². The number of carbonyl (C=O) groups excluding carboxylic acids is 2. The largest absolute Gasteiger partial charge is 0.347 e. The molecule has 1 aromatic rings. The van der Waals surface area contributed by atoms with Crippen LogP contribution in [0.4, 0.5) is 5.69 Å². The van der Waals surface area contributed by atoms with Gasteiger partial charge in [0.25, 0.3) is 11.8 Å². The number of hydrogen-bond donors (Lipinski definition) is 0. The lowest BCUT2D eigenvalue weighted by molar-refractivity contribution is -0.138. The molecular weight excluding hydrogens is 336 g/mol. The highest BCUT2D eigenvalue weighted by atomic mass is 16.2. The van der Waals surface area contributed by atoms with E-state index in [2.05, 4.69) is 29.9 Å². The zero-order valence-corrected chi connectivity index (χ0v) is 16.8.